The van der Waals surface area contributed by atoms with Gasteiger partial charge in [-0.2, -0.15) is 0 Å². The van der Waals surface area contributed by atoms with Crippen LogP contribution in [0.1, 0.15) is 29.0 Å². The fourth-order valence-electron chi connectivity index (χ4n) is 2.75. The summed E-state index contributed by atoms with van der Waals surface area (Å²) in [5.41, 5.74) is 0. The summed E-state index contributed by atoms with van der Waals surface area (Å²) in [6.45, 7) is 2.20. The van der Waals surface area contributed by atoms with Crippen molar-refractivity contribution in [2.45, 2.75) is 38.3 Å². The minimum absolute atomic E-state index is 0.190. The molecule has 0 N–H and O–H groups in total. The fourth-order valence-corrected chi connectivity index (χ4v) is 4.56. The van der Waals surface area contributed by atoms with E-state index in [0.717, 1.165) is 35.1 Å². The number of aryl methyl sites for hydroxylation is 1. The van der Waals surface area contributed by atoms with E-state index < -0.39 is 0 Å². The highest BCUT2D eigenvalue weighted by Crippen LogP contribution is 2.23. The normalized spacial score (nSPS) is 17.5. The van der Waals surface area contributed by atoms with Gasteiger partial charge in [0.25, 0.3) is 0 Å². The molecular formula is C17H20ClNO2S2. The maximum Gasteiger partial charge on any atom is 0.223 e. The summed E-state index contributed by atoms with van der Waals surface area (Å²) in [6, 6.07) is 8.01. The molecular weight excluding hydrogens is 350 g/mol. The maximum atomic E-state index is 12.7. The van der Waals surface area contributed by atoms with Crippen molar-refractivity contribution in [1.82, 2.24) is 4.90 Å². The van der Waals surface area contributed by atoms with Gasteiger partial charge in [0.2, 0.25) is 5.91 Å². The van der Waals surface area contributed by atoms with E-state index in [1.54, 1.807) is 22.7 Å². The molecule has 124 valence electrons. The van der Waals surface area contributed by atoms with Crippen LogP contribution in [-0.2, 0) is 22.5 Å². The zero-order valence-corrected chi connectivity index (χ0v) is 15.3. The molecule has 3 nitrogen and oxygen atoms in total. The molecule has 0 spiro atoms. The lowest BCUT2D eigenvalue weighted by Crippen LogP contribution is -2.36. The van der Waals surface area contributed by atoms with Crippen LogP contribution < -0.4 is 0 Å². The number of rotatable bonds is 7. The van der Waals surface area contributed by atoms with Gasteiger partial charge in [0, 0.05) is 29.3 Å². The van der Waals surface area contributed by atoms with Crippen molar-refractivity contribution in [2.75, 3.05) is 13.2 Å². The van der Waals surface area contributed by atoms with E-state index >= 15 is 0 Å². The van der Waals surface area contributed by atoms with Gasteiger partial charge in [0.1, 0.15) is 0 Å². The topological polar surface area (TPSA) is 29.5 Å². The first-order chi connectivity index (χ1) is 11.2. The van der Waals surface area contributed by atoms with Crippen molar-refractivity contribution in [3.8, 4) is 0 Å². The lowest BCUT2D eigenvalue weighted by atomic mass is 10.2. The molecule has 2 aromatic rings. The molecule has 1 fully saturated rings. The molecule has 1 atom stereocenters. The van der Waals surface area contributed by atoms with E-state index in [2.05, 4.69) is 11.4 Å². The molecule has 0 bridgehead atoms. The van der Waals surface area contributed by atoms with Gasteiger partial charge in [0.05, 0.1) is 17.0 Å². The molecule has 0 aromatic carbocycles. The number of hydrogen-bond acceptors (Lipinski definition) is 4. The molecule has 1 saturated heterocycles. The zero-order valence-electron chi connectivity index (χ0n) is 12.9. The molecule has 6 heteroatoms. The van der Waals surface area contributed by atoms with Gasteiger partial charge < -0.3 is 9.64 Å². The lowest BCUT2D eigenvalue weighted by Gasteiger charge is -2.25. The predicted molar refractivity (Wildman–Crippen MR) is 96.4 cm³/mol. The summed E-state index contributed by atoms with van der Waals surface area (Å²) in [6.07, 6.45) is 3.61. The number of amides is 1. The van der Waals surface area contributed by atoms with Crippen molar-refractivity contribution in [1.29, 1.82) is 0 Å². The number of carbonyl (C=O) groups is 1. The summed E-state index contributed by atoms with van der Waals surface area (Å²) in [5, 5.41) is 2.05. The number of halogens is 1. The molecule has 1 unspecified atom stereocenters. The van der Waals surface area contributed by atoms with Gasteiger partial charge in [0.15, 0.2) is 0 Å². The van der Waals surface area contributed by atoms with Crippen LogP contribution in [-0.4, -0.2) is 30.1 Å². The SMILES string of the molecule is O=C(CCc1ccc(Cl)s1)N(Cc1cccs1)CC1CCCO1. The van der Waals surface area contributed by atoms with Crippen molar-refractivity contribution < 1.29 is 9.53 Å². The van der Waals surface area contributed by atoms with Gasteiger partial charge in [-0.05, 0) is 42.8 Å². The Morgan fingerprint density at radius 2 is 2.26 bits per heavy atom. The second kappa shape index (κ2) is 8.29. The fraction of sp³-hybridized carbons (Fsp3) is 0.471. The number of thiophene rings is 2. The molecule has 0 aliphatic carbocycles. The zero-order chi connectivity index (χ0) is 16.1. The number of ether oxygens (including phenoxy) is 1. The number of hydrogen-bond donors (Lipinski definition) is 0. The third kappa shape index (κ3) is 5.05. The lowest BCUT2D eigenvalue weighted by molar-refractivity contribution is -0.133. The average molecular weight is 370 g/mol. The number of nitrogens with zero attached hydrogens (tertiary/aromatic N) is 1. The van der Waals surface area contributed by atoms with Gasteiger partial charge >= 0.3 is 0 Å². The minimum atomic E-state index is 0.190. The van der Waals surface area contributed by atoms with E-state index in [1.165, 1.54) is 4.88 Å². The first-order valence-electron chi connectivity index (χ1n) is 7.86. The van der Waals surface area contributed by atoms with Crippen LogP contribution in [0.4, 0.5) is 0 Å². The monoisotopic (exact) mass is 369 g/mol. The average Bonchev–Trinajstić information content (AvgIpc) is 3.27. The predicted octanol–water partition coefficient (Wildman–Crippen LogP) is 4.60. The van der Waals surface area contributed by atoms with Crippen LogP contribution in [0.25, 0.3) is 0 Å². The van der Waals surface area contributed by atoms with E-state index in [-0.39, 0.29) is 12.0 Å². The van der Waals surface area contributed by atoms with Gasteiger partial charge in [-0.1, -0.05) is 17.7 Å². The van der Waals surface area contributed by atoms with Crippen LogP contribution in [0.5, 0.6) is 0 Å². The van der Waals surface area contributed by atoms with E-state index in [9.17, 15) is 4.79 Å². The van der Waals surface area contributed by atoms with Gasteiger partial charge in [-0.3, -0.25) is 4.79 Å². The molecule has 0 saturated carbocycles. The molecule has 1 aliphatic heterocycles. The van der Waals surface area contributed by atoms with E-state index in [1.807, 2.05) is 23.1 Å². The minimum Gasteiger partial charge on any atom is -0.376 e. The van der Waals surface area contributed by atoms with Crippen LogP contribution in [0, 0.1) is 0 Å². The molecule has 3 rings (SSSR count). The highest BCUT2D eigenvalue weighted by atomic mass is 35.5. The Bertz CT molecular complexity index is 620. The van der Waals surface area contributed by atoms with Crippen LogP contribution in [0.3, 0.4) is 0 Å². The number of carbonyl (C=O) groups excluding carboxylic acids is 1. The van der Waals surface area contributed by atoms with E-state index in [4.69, 9.17) is 16.3 Å². The summed E-state index contributed by atoms with van der Waals surface area (Å²) >= 11 is 9.20. The second-order valence-corrected chi connectivity index (χ2v) is 8.53. The van der Waals surface area contributed by atoms with Crippen molar-refractivity contribution in [2.24, 2.45) is 0 Å². The Hall–Kier alpha value is -0.880. The largest absolute Gasteiger partial charge is 0.376 e. The molecule has 3 heterocycles. The highest BCUT2D eigenvalue weighted by Gasteiger charge is 2.23. The molecule has 23 heavy (non-hydrogen) atoms. The summed E-state index contributed by atoms with van der Waals surface area (Å²) in [7, 11) is 0. The standard InChI is InChI=1S/C17H20ClNO2S2/c18-16-7-5-14(23-16)6-8-17(20)19(11-13-3-1-9-21-13)12-15-4-2-10-22-15/h2,4-5,7,10,13H,1,3,6,8-9,11-12H2. The van der Waals surface area contributed by atoms with Crippen LogP contribution >= 0.6 is 34.3 Å². The summed E-state index contributed by atoms with van der Waals surface area (Å²) in [4.78, 5) is 17.0. The Morgan fingerprint density at radius 1 is 1.35 bits per heavy atom. The molecule has 1 amide bonds. The summed E-state index contributed by atoms with van der Waals surface area (Å²) in [5.74, 6) is 0.193. The quantitative estimate of drug-likeness (QED) is 0.713. The Kier molecular flexibility index (Phi) is 6.11. The van der Waals surface area contributed by atoms with Crippen LogP contribution in [0.2, 0.25) is 4.34 Å². The Balaban J connectivity index is 1.59. The maximum absolute atomic E-state index is 12.7. The van der Waals surface area contributed by atoms with Crippen LogP contribution in [0.15, 0.2) is 29.6 Å². The summed E-state index contributed by atoms with van der Waals surface area (Å²) < 4.78 is 6.49. The van der Waals surface area contributed by atoms with Gasteiger partial charge in [-0.25, -0.2) is 0 Å². The molecule has 0 radical (unpaired) electrons. The molecule has 2 aromatic heterocycles. The van der Waals surface area contributed by atoms with Gasteiger partial charge in [-0.15, -0.1) is 22.7 Å². The third-order valence-corrected chi connectivity index (χ3v) is 6.09. The first-order valence-corrected chi connectivity index (χ1v) is 9.94. The van der Waals surface area contributed by atoms with Crippen molar-refractivity contribution in [3.63, 3.8) is 0 Å². The smallest absolute Gasteiger partial charge is 0.223 e. The first kappa shape index (κ1) is 17.0. The van der Waals surface area contributed by atoms with Crippen molar-refractivity contribution in [3.05, 3.63) is 43.7 Å². The van der Waals surface area contributed by atoms with Crippen molar-refractivity contribution >= 4 is 40.2 Å². The second-order valence-electron chi connectivity index (χ2n) is 5.69. The highest BCUT2D eigenvalue weighted by molar-refractivity contribution is 7.16. The van der Waals surface area contributed by atoms with E-state index in [0.29, 0.717) is 19.5 Å². The molecule has 1 aliphatic rings. The Morgan fingerprint density at radius 3 is 2.91 bits per heavy atom. The Labute approximate surface area is 149 Å². The third-order valence-electron chi connectivity index (χ3n) is 3.94.